The molecule has 1 fully saturated rings. The Labute approximate surface area is 233 Å². The quantitative estimate of drug-likeness (QED) is 0.311. The second-order valence-corrected chi connectivity index (χ2v) is 11.5. The van der Waals surface area contributed by atoms with Gasteiger partial charge in [0.05, 0.1) is 22.1 Å². The van der Waals surface area contributed by atoms with Crippen molar-refractivity contribution in [1.82, 2.24) is 20.2 Å². The van der Waals surface area contributed by atoms with Crippen LogP contribution in [0, 0.1) is 0 Å². The summed E-state index contributed by atoms with van der Waals surface area (Å²) < 4.78 is 71.2. The monoisotopic (exact) mass is 591 g/mol. The highest BCUT2D eigenvalue weighted by Gasteiger charge is 2.44. The van der Waals surface area contributed by atoms with Crippen LogP contribution in [0.5, 0.6) is 0 Å². The van der Waals surface area contributed by atoms with E-state index in [-0.39, 0.29) is 59.8 Å². The first-order valence-electron chi connectivity index (χ1n) is 13.0. The molecular weight excluding hydrogens is 557 g/mol. The van der Waals surface area contributed by atoms with Crippen LogP contribution in [-0.2, 0) is 6.18 Å². The summed E-state index contributed by atoms with van der Waals surface area (Å²) in [4.78, 5) is 35.7. The molecule has 3 rings (SSSR count). The fraction of sp³-hybridized carbons (Fsp3) is 0.615. The summed E-state index contributed by atoms with van der Waals surface area (Å²) >= 11 is 0.583. The van der Waals surface area contributed by atoms with Gasteiger partial charge >= 0.3 is 6.18 Å². The lowest BCUT2D eigenvalue weighted by atomic mass is 10.1. The van der Waals surface area contributed by atoms with Crippen LogP contribution in [0.3, 0.4) is 0 Å². The Hall–Kier alpha value is -2.87. The van der Waals surface area contributed by atoms with Gasteiger partial charge in [0.15, 0.2) is 5.01 Å². The van der Waals surface area contributed by atoms with Crippen molar-refractivity contribution in [2.75, 3.05) is 18.4 Å². The summed E-state index contributed by atoms with van der Waals surface area (Å²) in [5.41, 5.74) is -3.33. The SMILES string of the molecule is CC[C@H](C)N(CC)C(=O)c1nc(C(=O)NCC(C)(C)O)sc1-c1cnc(N[C@H]2CCCC2(F)F)cc1C(F)(F)F. The van der Waals surface area contributed by atoms with Crippen LogP contribution in [0.15, 0.2) is 12.3 Å². The molecule has 0 saturated heterocycles. The van der Waals surface area contributed by atoms with Crippen molar-refractivity contribution in [1.29, 1.82) is 0 Å². The van der Waals surface area contributed by atoms with Gasteiger partial charge in [-0.2, -0.15) is 13.2 Å². The van der Waals surface area contributed by atoms with Crippen LogP contribution in [0.4, 0.5) is 27.8 Å². The van der Waals surface area contributed by atoms with E-state index in [0.29, 0.717) is 23.8 Å². The number of carbonyl (C=O) groups excluding carboxylic acids is 2. The molecule has 2 aromatic rings. The number of hydrogen-bond acceptors (Lipinski definition) is 7. The van der Waals surface area contributed by atoms with Crippen molar-refractivity contribution >= 4 is 29.0 Å². The molecule has 14 heteroatoms. The molecule has 2 heterocycles. The van der Waals surface area contributed by atoms with Crippen molar-refractivity contribution < 1.29 is 36.6 Å². The molecule has 2 amide bonds. The average molecular weight is 592 g/mol. The molecule has 0 radical (unpaired) electrons. The van der Waals surface area contributed by atoms with Crippen LogP contribution in [0.1, 0.15) is 86.2 Å². The topological polar surface area (TPSA) is 107 Å². The molecule has 8 nitrogen and oxygen atoms in total. The largest absolute Gasteiger partial charge is 0.417 e. The van der Waals surface area contributed by atoms with E-state index in [1.54, 1.807) is 13.8 Å². The van der Waals surface area contributed by atoms with Crippen molar-refractivity contribution in [3.05, 3.63) is 28.5 Å². The van der Waals surface area contributed by atoms with E-state index < -0.39 is 46.7 Å². The first-order chi connectivity index (χ1) is 18.5. The average Bonchev–Trinajstić information content (AvgIpc) is 3.45. The van der Waals surface area contributed by atoms with Gasteiger partial charge in [-0.05, 0) is 53.0 Å². The van der Waals surface area contributed by atoms with Gasteiger partial charge in [-0.1, -0.05) is 6.92 Å². The summed E-state index contributed by atoms with van der Waals surface area (Å²) in [6, 6.07) is -0.982. The lowest BCUT2D eigenvalue weighted by Crippen LogP contribution is -2.39. The summed E-state index contributed by atoms with van der Waals surface area (Å²) in [6.45, 7) is 8.34. The van der Waals surface area contributed by atoms with E-state index in [1.165, 1.54) is 18.7 Å². The molecule has 2 aromatic heterocycles. The fourth-order valence-corrected chi connectivity index (χ4v) is 5.36. The van der Waals surface area contributed by atoms with Gasteiger partial charge in [0, 0.05) is 37.3 Å². The zero-order valence-electron chi connectivity index (χ0n) is 23.0. The Bertz CT molecular complexity index is 1230. The minimum atomic E-state index is -4.94. The number of aliphatic hydroxyl groups is 1. The van der Waals surface area contributed by atoms with Crippen LogP contribution in [-0.4, -0.2) is 68.5 Å². The molecule has 1 aliphatic carbocycles. The number of halogens is 5. The molecule has 0 aliphatic heterocycles. The van der Waals surface area contributed by atoms with Gasteiger partial charge < -0.3 is 20.6 Å². The number of nitrogens with zero attached hydrogens (tertiary/aromatic N) is 3. The molecule has 2 atom stereocenters. The highest BCUT2D eigenvalue weighted by atomic mass is 32.1. The highest BCUT2D eigenvalue weighted by molar-refractivity contribution is 7.17. The second-order valence-electron chi connectivity index (χ2n) is 10.5. The number of aromatic nitrogens is 2. The third kappa shape index (κ3) is 7.25. The Morgan fingerprint density at radius 3 is 2.48 bits per heavy atom. The molecule has 222 valence electrons. The maximum atomic E-state index is 14.3. The second kappa shape index (κ2) is 11.9. The van der Waals surface area contributed by atoms with Crippen molar-refractivity contribution in [3.8, 4) is 10.4 Å². The number of alkyl halides is 5. The molecule has 0 spiro atoms. The van der Waals surface area contributed by atoms with Gasteiger partial charge in [0.25, 0.3) is 17.7 Å². The van der Waals surface area contributed by atoms with E-state index in [4.69, 9.17) is 0 Å². The molecule has 0 unspecified atom stereocenters. The summed E-state index contributed by atoms with van der Waals surface area (Å²) in [5, 5.41) is 14.6. The maximum absolute atomic E-state index is 14.3. The molecule has 1 aliphatic rings. The van der Waals surface area contributed by atoms with E-state index in [1.807, 2.05) is 6.92 Å². The Kier molecular flexibility index (Phi) is 9.44. The van der Waals surface area contributed by atoms with E-state index in [2.05, 4.69) is 20.6 Å². The van der Waals surface area contributed by atoms with Crippen LogP contribution in [0.2, 0.25) is 0 Å². The van der Waals surface area contributed by atoms with Crippen molar-refractivity contribution in [2.24, 2.45) is 0 Å². The van der Waals surface area contributed by atoms with Gasteiger partial charge in [-0.25, -0.2) is 18.7 Å². The molecular formula is C26H34F5N5O3S. The van der Waals surface area contributed by atoms with Gasteiger partial charge in [-0.3, -0.25) is 9.59 Å². The zero-order chi connectivity index (χ0) is 30.0. The third-order valence-corrected chi connectivity index (χ3v) is 7.81. The van der Waals surface area contributed by atoms with Crippen LogP contribution >= 0.6 is 11.3 Å². The minimum Gasteiger partial charge on any atom is -0.389 e. The number of nitrogens with one attached hydrogen (secondary N) is 2. The number of rotatable bonds is 10. The van der Waals surface area contributed by atoms with Gasteiger partial charge in [0.2, 0.25) is 0 Å². The number of amides is 2. The van der Waals surface area contributed by atoms with Crippen LogP contribution < -0.4 is 10.6 Å². The van der Waals surface area contributed by atoms with Gasteiger partial charge in [0.1, 0.15) is 11.5 Å². The zero-order valence-corrected chi connectivity index (χ0v) is 23.8. The van der Waals surface area contributed by atoms with Crippen molar-refractivity contribution in [3.63, 3.8) is 0 Å². The Balaban J connectivity index is 2.13. The lowest BCUT2D eigenvalue weighted by Gasteiger charge is -2.27. The number of hydrogen-bond donors (Lipinski definition) is 3. The number of pyridine rings is 1. The number of anilines is 1. The van der Waals surface area contributed by atoms with Crippen LogP contribution in [0.25, 0.3) is 10.4 Å². The van der Waals surface area contributed by atoms with E-state index in [0.717, 1.165) is 6.20 Å². The highest BCUT2D eigenvalue weighted by Crippen LogP contribution is 2.43. The van der Waals surface area contributed by atoms with Gasteiger partial charge in [-0.15, -0.1) is 11.3 Å². The molecule has 0 bridgehead atoms. The molecule has 1 saturated carbocycles. The Morgan fingerprint density at radius 1 is 1.27 bits per heavy atom. The molecule has 40 heavy (non-hydrogen) atoms. The summed E-state index contributed by atoms with van der Waals surface area (Å²) in [5.74, 6) is -4.90. The Morgan fingerprint density at radius 2 is 1.95 bits per heavy atom. The predicted octanol–water partition coefficient (Wildman–Crippen LogP) is 5.58. The lowest BCUT2D eigenvalue weighted by molar-refractivity contribution is -0.137. The minimum absolute atomic E-state index is 0.0802. The third-order valence-electron chi connectivity index (χ3n) is 6.72. The summed E-state index contributed by atoms with van der Waals surface area (Å²) in [7, 11) is 0. The number of carbonyl (C=O) groups is 2. The molecule has 0 aromatic carbocycles. The maximum Gasteiger partial charge on any atom is 0.417 e. The predicted molar refractivity (Wildman–Crippen MR) is 142 cm³/mol. The first kappa shape index (κ1) is 31.7. The smallest absolute Gasteiger partial charge is 0.389 e. The van der Waals surface area contributed by atoms with Crippen molar-refractivity contribution in [2.45, 2.75) is 90.1 Å². The van der Waals surface area contributed by atoms with E-state index in [9.17, 15) is 36.6 Å². The normalized spacial score (nSPS) is 17.9. The fourth-order valence-electron chi connectivity index (χ4n) is 4.36. The first-order valence-corrected chi connectivity index (χ1v) is 13.8. The molecule has 3 N–H and O–H groups in total. The summed E-state index contributed by atoms with van der Waals surface area (Å²) in [6.07, 6.45) is -3.58. The standard InChI is InChI=1S/C26H34F5N5O3S/c1-6-14(3)36(7-2)23(38)19-20(40-22(35-19)21(37)33-13-24(4,5)39)15-12-32-18(11-16(15)26(29,30)31)34-17-9-8-10-25(17,27)28/h11-12,14,17,39H,6-10,13H2,1-5H3,(H,32,34)(H,33,37)/t14-,17-/m0/s1. The number of thiazole rings is 1. The van der Waals surface area contributed by atoms with E-state index >= 15 is 0 Å².